The van der Waals surface area contributed by atoms with Gasteiger partial charge >= 0.3 is 5.97 Å². The van der Waals surface area contributed by atoms with E-state index in [2.05, 4.69) is 18.6 Å². The number of carbonyl (C=O) groups excluding carboxylic acids is 1. The quantitative estimate of drug-likeness (QED) is 0.771. The van der Waals surface area contributed by atoms with Crippen LogP contribution in [0.3, 0.4) is 0 Å². The molecule has 2 N–H and O–H groups in total. The van der Waals surface area contributed by atoms with E-state index in [9.17, 15) is 15.0 Å². The summed E-state index contributed by atoms with van der Waals surface area (Å²) in [6.45, 7) is 4.28. The van der Waals surface area contributed by atoms with Gasteiger partial charge in [0, 0.05) is 0 Å². The second-order valence-electron chi connectivity index (χ2n) is 5.13. The van der Waals surface area contributed by atoms with Gasteiger partial charge in [-0.3, -0.25) is 4.79 Å². The van der Waals surface area contributed by atoms with Crippen molar-refractivity contribution < 1.29 is 19.7 Å². The van der Waals surface area contributed by atoms with Crippen LogP contribution in [0.2, 0.25) is 0 Å². The van der Waals surface area contributed by atoms with Crippen molar-refractivity contribution in [1.29, 1.82) is 0 Å². The lowest BCUT2D eigenvalue weighted by Gasteiger charge is -2.17. The number of rotatable bonds is 6. The highest BCUT2D eigenvalue weighted by Crippen LogP contribution is 2.20. The van der Waals surface area contributed by atoms with Crippen molar-refractivity contribution >= 4 is 5.97 Å². The Balaban J connectivity index is 2.66. The molecule has 0 heterocycles. The zero-order valence-electron chi connectivity index (χ0n) is 11.7. The van der Waals surface area contributed by atoms with Gasteiger partial charge < -0.3 is 14.9 Å². The first kappa shape index (κ1) is 15.7. The molecule has 4 nitrogen and oxygen atoms in total. The molecular formula is C15H22O4. The Morgan fingerprint density at radius 2 is 1.79 bits per heavy atom. The fourth-order valence-corrected chi connectivity index (χ4v) is 1.91. The van der Waals surface area contributed by atoms with E-state index in [1.807, 2.05) is 12.1 Å². The maximum atomic E-state index is 11.0. The standard InChI is InChI=1S/C15H22O4/c1-10(2)8-11-4-6-12(7-5-11)15(18)13(16)9-14(17)19-3/h4-7,10,13,15-16,18H,8-9H2,1-3H3. The highest BCUT2D eigenvalue weighted by Gasteiger charge is 2.21. The molecule has 0 aliphatic rings. The van der Waals surface area contributed by atoms with Gasteiger partial charge in [0.25, 0.3) is 0 Å². The molecule has 1 aromatic rings. The van der Waals surface area contributed by atoms with Crippen LogP contribution in [0.1, 0.15) is 37.5 Å². The summed E-state index contributed by atoms with van der Waals surface area (Å²) in [5, 5.41) is 19.7. The average Bonchev–Trinajstić information content (AvgIpc) is 2.37. The van der Waals surface area contributed by atoms with Crippen LogP contribution in [-0.2, 0) is 16.0 Å². The maximum Gasteiger partial charge on any atom is 0.308 e. The first-order chi connectivity index (χ1) is 8.93. The molecule has 0 fully saturated rings. The van der Waals surface area contributed by atoms with Gasteiger partial charge in [-0.1, -0.05) is 38.1 Å². The topological polar surface area (TPSA) is 66.8 Å². The summed E-state index contributed by atoms with van der Waals surface area (Å²) in [4.78, 5) is 11.0. The molecule has 1 aromatic carbocycles. The number of carbonyl (C=O) groups is 1. The lowest BCUT2D eigenvalue weighted by Crippen LogP contribution is -2.22. The van der Waals surface area contributed by atoms with E-state index in [1.165, 1.54) is 12.7 Å². The number of methoxy groups -OCH3 is 1. The third-order valence-corrected chi connectivity index (χ3v) is 2.93. The van der Waals surface area contributed by atoms with E-state index < -0.39 is 18.2 Å². The van der Waals surface area contributed by atoms with Crippen molar-refractivity contribution in [3.05, 3.63) is 35.4 Å². The number of esters is 1. The van der Waals surface area contributed by atoms with Gasteiger partial charge in [0.1, 0.15) is 6.10 Å². The van der Waals surface area contributed by atoms with Crippen molar-refractivity contribution in [3.8, 4) is 0 Å². The third kappa shape index (κ3) is 5.01. The first-order valence-electron chi connectivity index (χ1n) is 6.45. The molecule has 4 heteroatoms. The molecule has 0 bridgehead atoms. The van der Waals surface area contributed by atoms with Crippen molar-refractivity contribution in [2.45, 2.75) is 38.9 Å². The van der Waals surface area contributed by atoms with Gasteiger partial charge in [-0.05, 0) is 23.5 Å². The predicted molar refractivity (Wildman–Crippen MR) is 72.6 cm³/mol. The van der Waals surface area contributed by atoms with Crippen LogP contribution in [0.4, 0.5) is 0 Å². The molecule has 0 aliphatic heterocycles. The fourth-order valence-electron chi connectivity index (χ4n) is 1.91. The van der Waals surface area contributed by atoms with Crippen LogP contribution in [0.15, 0.2) is 24.3 Å². The number of aliphatic hydroxyl groups is 2. The summed E-state index contributed by atoms with van der Waals surface area (Å²) in [5.74, 6) is 0.0312. The van der Waals surface area contributed by atoms with Crippen LogP contribution in [0.25, 0.3) is 0 Å². The molecule has 0 aromatic heterocycles. The van der Waals surface area contributed by atoms with Gasteiger partial charge in [0.2, 0.25) is 0 Å². The second-order valence-corrected chi connectivity index (χ2v) is 5.13. The van der Waals surface area contributed by atoms with Crippen molar-refractivity contribution in [2.75, 3.05) is 7.11 Å². The van der Waals surface area contributed by atoms with Gasteiger partial charge in [0.15, 0.2) is 0 Å². The molecule has 2 atom stereocenters. The largest absolute Gasteiger partial charge is 0.469 e. The zero-order valence-corrected chi connectivity index (χ0v) is 11.7. The second kappa shape index (κ2) is 7.26. The van der Waals surface area contributed by atoms with Gasteiger partial charge in [0.05, 0.1) is 19.6 Å². The maximum absolute atomic E-state index is 11.0. The Bertz CT molecular complexity index is 397. The van der Waals surface area contributed by atoms with E-state index in [1.54, 1.807) is 12.1 Å². The average molecular weight is 266 g/mol. The summed E-state index contributed by atoms with van der Waals surface area (Å²) in [6, 6.07) is 7.43. The lowest BCUT2D eigenvalue weighted by atomic mass is 9.98. The minimum atomic E-state index is -1.15. The van der Waals surface area contributed by atoms with Crippen LogP contribution in [0, 0.1) is 5.92 Å². The number of hydrogen-bond donors (Lipinski definition) is 2. The van der Waals surface area contributed by atoms with Crippen molar-refractivity contribution in [3.63, 3.8) is 0 Å². The van der Waals surface area contributed by atoms with Crippen LogP contribution in [0.5, 0.6) is 0 Å². The Labute approximate surface area is 114 Å². The van der Waals surface area contributed by atoms with Crippen LogP contribution >= 0.6 is 0 Å². The Morgan fingerprint density at radius 3 is 2.26 bits per heavy atom. The normalized spacial score (nSPS) is 14.2. The third-order valence-electron chi connectivity index (χ3n) is 2.93. The number of ether oxygens (including phenoxy) is 1. The van der Waals surface area contributed by atoms with E-state index in [4.69, 9.17) is 0 Å². The minimum absolute atomic E-state index is 0.217. The van der Waals surface area contributed by atoms with Crippen molar-refractivity contribution in [2.24, 2.45) is 5.92 Å². The molecule has 2 unspecified atom stereocenters. The molecular weight excluding hydrogens is 244 g/mol. The Hall–Kier alpha value is -1.39. The van der Waals surface area contributed by atoms with Gasteiger partial charge in [-0.15, -0.1) is 0 Å². The summed E-state index contributed by atoms with van der Waals surface area (Å²) >= 11 is 0. The van der Waals surface area contributed by atoms with Crippen molar-refractivity contribution in [1.82, 2.24) is 0 Å². The molecule has 0 spiro atoms. The summed E-state index contributed by atoms with van der Waals surface area (Å²) in [6.07, 6.45) is -1.47. The Kier molecular flexibility index (Phi) is 5.99. The fraction of sp³-hybridized carbons (Fsp3) is 0.533. The molecule has 1 rings (SSSR count). The van der Waals surface area contributed by atoms with Gasteiger partial charge in [-0.25, -0.2) is 0 Å². The zero-order chi connectivity index (χ0) is 14.4. The minimum Gasteiger partial charge on any atom is -0.469 e. The monoisotopic (exact) mass is 266 g/mol. The molecule has 19 heavy (non-hydrogen) atoms. The highest BCUT2D eigenvalue weighted by atomic mass is 16.5. The first-order valence-corrected chi connectivity index (χ1v) is 6.45. The number of benzene rings is 1. The molecule has 0 amide bonds. The number of aliphatic hydroxyl groups excluding tert-OH is 2. The summed E-state index contributed by atoms with van der Waals surface area (Å²) < 4.78 is 4.46. The van der Waals surface area contributed by atoms with E-state index >= 15 is 0 Å². The highest BCUT2D eigenvalue weighted by molar-refractivity contribution is 5.69. The van der Waals surface area contributed by atoms with Crippen LogP contribution in [-0.4, -0.2) is 29.4 Å². The Morgan fingerprint density at radius 1 is 1.21 bits per heavy atom. The van der Waals surface area contributed by atoms with E-state index in [0.29, 0.717) is 11.5 Å². The number of hydrogen-bond acceptors (Lipinski definition) is 4. The SMILES string of the molecule is COC(=O)CC(O)C(O)c1ccc(CC(C)C)cc1. The molecule has 106 valence electrons. The molecule has 0 saturated heterocycles. The summed E-state index contributed by atoms with van der Waals surface area (Å²) in [5.41, 5.74) is 1.79. The summed E-state index contributed by atoms with van der Waals surface area (Å²) in [7, 11) is 1.25. The molecule has 0 aliphatic carbocycles. The van der Waals surface area contributed by atoms with Gasteiger partial charge in [-0.2, -0.15) is 0 Å². The van der Waals surface area contributed by atoms with E-state index in [-0.39, 0.29) is 6.42 Å². The predicted octanol–water partition coefficient (Wildman–Crippen LogP) is 1.84. The smallest absolute Gasteiger partial charge is 0.308 e. The van der Waals surface area contributed by atoms with Crippen LogP contribution < -0.4 is 0 Å². The molecule has 0 saturated carbocycles. The van der Waals surface area contributed by atoms with E-state index in [0.717, 1.165) is 6.42 Å². The molecule has 0 radical (unpaired) electrons. The lowest BCUT2D eigenvalue weighted by molar-refractivity contribution is -0.144.